The molecule has 1 aromatic carbocycles. The highest BCUT2D eigenvalue weighted by Gasteiger charge is 2.66. The largest absolute Gasteiger partial charge is 0.349 e. The maximum Gasteiger partial charge on any atom is 0.223 e. The summed E-state index contributed by atoms with van der Waals surface area (Å²) in [6, 6.07) is 10.2. The van der Waals surface area contributed by atoms with Crippen molar-refractivity contribution in [3.05, 3.63) is 35.4 Å². The average Bonchev–Trinajstić information content (AvgIpc) is 3.67. The summed E-state index contributed by atoms with van der Waals surface area (Å²) in [5.74, 6) is 2.77. The van der Waals surface area contributed by atoms with Gasteiger partial charge in [-0.05, 0) is 118 Å². The van der Waals surface area contributed by atoms with Crippen molar-refractivity contribution in [3.63, 3.8) is 0 Å². The zero-order chi connectivity index (χ0) is 19.9. The van der Waals surface area contributed by atoms with Crippen LogP contribution in [-0.2, 0) is 10.2 Å². The monoisotopic (exact) mass is 404 g/mol. The first-order valence-electron chi connectivity index (χ1n) is 12.8. The van der Waals surface area contributed by atoms with Gasteiger partial charge in [0.25, 0.3) is 0 Å². The van der Waals surface area contributed by atoms with Crippen LogP contribution in [0, 0.1) is 23.2 Å². The summed E-state index contributed by atoms with van der Waals surface area (Å²) in [6.45, 7) is 2.57. The zero-order valence-corrected chi connectivity index (χ0v) is 18.2. The molecule has 3 heteroatoms. The van der Waals surface area contributed by atoms with E-state index in [1.54, 1.807) is 12.0 Å². The van der Waals surface area contributed by atoms with Gasteiger partial charge in [0.15, 0.2) is 0 Å². The van der Waals surface area contributed by atoms with Crippen LogP contribution in [0.25, 0.3) is 0 Å². The van der Waals surface area contributed by atoms with Gasteiger partial charge in [0.05, 0.1) is 6.04 Å². The van der Waals surface area contributed by atoms with Crippen molar-refractivity contribution in [3.8, 4) is 0 Å². The van der Waals surface area contributed by atoms with Crippen molar-refractivity contribution in [1.29, 1.82) is 0 Å². The molecule has 1 aromatic rings. The highest BCUT2D eigenvalue weighted by Crippen LogP contribution is 2.73. The second kappa shape index (κ2) is 6.34. The van der Waals surface area contributed by atoms with Crippen molar-refractivity contribution in [1.82, 2.24) is 10.2 Å². The summed E-state index contributed by atoms with van der Waals surface area (Å²) in [7, 11) is 0. The quantitative estimate of drug-likeness (QED) is 0.772. The summed E-state index contributed by atoms with van der Waals surface area (Å²) in [5.41, 5.74) is 4.13. The Kier molecular flexibility index (Phi) is 3.86. The maximum atomic E-state index is 12.4. The molecule has 0 aromatic heterocycles. The lowest BCUT2D eigenvalue weighted by molar-refractivity contribution is -0.123. The van der Waals surface area contributed by atoms with Gasteiger partial charge in [0, 0.05) is 12.0 Å². The van der Waals surface area contributed by atoms with E-state index in [-0.39, 0.29) is 6.04 Å². The van der Waals surface area contributed by atoms with Crippen LogP contribution in [-0.4, -0.2) is 29.9 Å². The number of hydrogen-bond donors (Lipinski definition) is 1. The smallest absolute Gasteiger partial charge is 0.223 e. The molecule has 0 bridgehead atoms. The van der Waals surface area contributed by atoms with E-state index >= 15 is 0 Å². The standard InChI is InChI=1S/C27H36N2O/c30-25(18-5-6-18)28-24-9-10-26(23-4-2-1-3-22(23)24)11-13-29(14-12-26)21-15-19-7-8-20-16-27(19,20)17-21/h1-4,18-21,24H,5-17H2,(H,28,30)/t19-,20?,21+,24-,27?/m0/s1. The molecule has 4 saturated carbocycles. The Morgan fingerprint density at radius 2 is 1.73 bits per heavy atom. The van der Waals surface area contributed by atoms with Crippen LogP contribution < -0.4 is 5.32 Å². The minimum atomic E-state index is 0.234. The third kappa shape index (κ3) is 2.63. The van der Waals surface area contributed by atoms with Crippen LogP contribution in [0.15, 0.2) is 24.3 Å². The predicted molar refractivity (Wildman–Crippen MR) is 118 cm³/mol. The van der Waals surface area contributed by atoms with Crippen molar-refractivity contribution >= 4 is 5.91 Å². The van der Waals surface area contributed by atoms with Gasteiger partial charge in [-0.1, -0.05) is 24.3 Å². The molecule has 1 amide bonds. The molecule has 3 nitrogen and oxygen atoms in total. The number of rotatable bonds is 3. The van der Waals surface area contributed by atoms with Gasteiger partial charge in [-0.15, -0.1) is 0 Å². The fourth-order valence-corrected chi connectivity index (χ4v) is 8.49. The van der Waals surface area contributed by atoms with Gasteiger partial charge in [0.1, 0.15) is 0 Å². The minimum absolute atomic E-state index is 0.234. The number of nitrogens with zero attached hydrogens (tertiary/aromatic N) is 1. The number of carbonyl (C=O) groups is 1. The zero-order valence-electron chi connectivity index (χ0n) is 18.2. The molecule has 1 aliphatic heterocycles. The van der Waals surface area contributed by atoms with Crippen molar-refractivity contribution in [2.75, 3.05) is 13.1 Å². The molecule has 5 atom stereocenters. The lowest BCUT2D eigenvalue weighted by atomic mass is 9.63. The Morgan fingerprint density at radius 1 is 0.933 bits per heavy atom. The van der Waals surface area contributed by atoms with Crippen LogP contribution in [0.3, 0.4) is 0 Å². The fraction of sp³-hybridized carbons (Fsp3) is 0.741. The molecule has 6 aliphatic rings. The number of nitrogens with one attached hydrogen (secondary N) is 1. The first kappa shape index (κ1) is 18.2. The second-order valence-electron chi connectivity index (χ2n) is 11.8. The number of likely N-dealkylation sites (tertiary alicyclic amines) is 1. The Hall–Kier alpha value is -1.35. The number of carbonyl (C=O) groups excluding carboxylic acids is 1. The summed E-state index contributed by atoms with van der Waals surface area (Å²) in [5, 5.41) is 3.39. The van der Waals surface area contributed by atoms with Gasteiger partial charge in [0.2, 0.25) is 5.91 Å². The first-order chi connectivity index (χ1) is 14.7. The highest BCUT2D eigenvalue weighted by molar-refractivity contribution is 5.81. The molecule has 5 fully saturated rings. The number of piperidine rings is 1. The van der Waals surface area contributed by atoms with Gasteiger partial charge in [-0.3, -0.25) is 4.79 Å². The predicted octanol–water partition coefficient (Wildman–Crippen LogP) is 4.96. The number of fused-ring (bicyclic) bond motifs is 2. The van der Waals surface area contributed by atoms with E-state index in [1.165, 1.54) is 63.6 Å². The minimum Gasteiger partial charge on any atom is -0.349 e. The van der Waals surface area contributed by atoms with Crippen LogP contribution in [0.4, 0.5) is 0 Å². The summed E-state index contributed by atoms with van der Waals surface area (Å²) in [6.07, 6.45) is 14.8. The molecule has 1 N–H and O–H groups in total. The molecule has 2 spiro atoms. The molecular weight excluding hydrogens is 368 g/mol. The maximum absolute atomic E-state index is 12.4. The summed E-state index contributed by atoms with van der Waals surface area (Å²) in [4.78, 5) is 15.3. The summed E-state index contributed by atoms with van der Waals surface area (Å²) < 4.78 is 0. The molecule has 1 heterocycles. The van der Waals surface area contributed by atoms with Gasteiger partial charge < -0.3 is 10.2 Å². The first-order valence-corrected chi connectivity index (χ1v) is 12.8. The summed E-state index contributed by atoms with van der Waals surface area (Å²) >= 11 is 0. The van der Waals surface area contributed by atoms with Crippen LogP contribution in [0.1, 0.15) is 87.8 Å². The Bertz CT molecular complexity index is 867. The number of benzene rings is 1. The van der Waals surface area contributed by atoms with Crippen molar-refractivity contribution in [2.24, 2.45) is 23.2 Å². The molecular formula is C27H36N2O. The van der Waals surface area contributed by atoms with Crippen LogP contribution in [0.5, 0.6) is 0 Å². The van der Waals surface area contributed by atoms with E-state index in [2.05, 4.69) is 34.5 Å². The molecule has 2 unspecified atom stereocenters. The third-order valence-corrected chi connectivity index (χ3v) is 10.5. The lowest BCUT2D eigenvalue weighted by Crippen LogP contribution is -2.49. The molecule has 0 radical (unpaired) electrons. The number of hydrogen-bond acceptors (Lipinski definition) is 2. The Morgan fingerprint density at radius 3 is 2.50 bits per heavy atom. The Balaban J connectivity index is 1.07. The van der Waals surface area contributed by atoms with Gasteiger partial charge >= 0.3 is 0 Å². The Labute approximate surface area is 181 Å². The van der Waals surface area contributed by atoms with E-state index in [4.69, 9.17) is 0 Å². The molecule has 30 heavy (non-hydrogen) atoms. The van der Waals surface area contributed by atoms with E-state index in [0.717, 1.165) is 42.6 Å². The van der Waals surface area contributed by atoms with Gasteiger partial charge in [-0.25, -0.2) is 0 Å². The van der Waals surface area contributed by atoms with Crippen molar-refractivity contribution in [2.45, 2.75) is 88.1 Å². The molecule has 1 saturated heterocycles. The third-order valence-electron chi connectivity index (χ3n) is 10.5. The van der Waals surface area contributed by atoms with E-state index in [0.29, 0.717) is 17.2 Å². The highest BCUT2D eigenvalue weighted by atomic mass is 16.2. The van der Waals surface area contributed by atoms with E-state index < -0.39 is 0 Å². The number of amides is 1. The lowest BCUT2D eigenvalue weighted by Gasteiger charge is -2.48. The van der Waals surface area contributed by atoms with Crippen molar-refractivity contribution < 1.29 is 4.79 Å². The van der Waals surface area contributed by atoms with E-state index in [9.17, 15) is 4.79 Å². The molecule has 7 rings (SSSR count). The van der Waals surface area contributed by atoms with Crippen LogP contribution >= 0.6 is 0 Å². The average molecular weight is 405 g/mol. The van der Waals surface area contributed by atoms with E-state index in [1.807, 2.05) is 0 Å². The second-order valence-corrected chi connectivity index (χ2v) is 11.8. The fourth-order valence-electron chi connectivity index (χ4n) is 8.49. The van der Waals surface area contributed by atoms with Crippen LogP contribution in [0.2, 0.25) is 0 Å². The SMILES string of the molecule is O=C(N[C@H]1CCC2(CCN([C@@H]3C[C@@H]4CCC5CC54C3)CC2)c2ccccc21)C1CC1. The molecule has 5 aliphatic carbocycles. The van der Waals surface area contributed by atoms with Gasteiger partial charge in [-0.2, -0.15) is 0 Å². The normalized spacial score (nSPS) is 41.2. The molecule has 160 valence electrons. The topological polar surface area (TPSA) is 32.3 Å².